The molecular formula is C31H30O4. The van der Waals surface area contributed by atoms with Crippen LogP contribution in [0.1, 0.15) is 29.2 Å². The van der Waals surface area contributed by atoms with Gasteiger partial charge in [-0.1, -0.05) is 121 Å². The number of hydrogen-bond donors (Lipinski definition) is 1. The van der Waals surface area contributed by atoms with Gasteiger partial charge in [0.05, 0.1) is 13.2 Å². The van der Waals surface area contributed by atoms with E-state index in [1.165, 1.54) is 0 Å². The first-order valence-electron chi connectivity index (χ1n) is 11.9. The molecule has 4 atom stereocenters. The van der Waals surface area contributed by atoms with Gasteiger partial charge in [0.2, 0.25) is 5.79 Å². The van der Waals surface area contributed by atoms with Crippen LogP contribution in [0.2, 0.25) is 0 Å². The molecule has 4 aromatic rings. The summed E-state index contributed by atoms with van der Waals surface area (Å²) in [6.07, 6.45) is -1.36. The molecule has 0 saturated carbocycles. The van der Waals surface area contributed by atoms with E-state index >= 15 is 0 Å². The smallest absolute Gasteiger partial charge is 0.223 e. The Morgan fingerprint density at radius 2 is 1.00 bits per heavy atom. The molecule has 0 spiro atoms. The van der Waals surface area contributed by atoms with Gasteiger partial charge in [0.15, 0.2) is 0 Å². The zero-order chi connectivity index (χ0) is 24.1. The van der Waals surface area contributed by atoms with Gasteiger partial charge in [0, 0.05) is 5.56 Å². The molecule has 178 valence electrons. The summed E-state index contributed by atoms with van der Waals surface area (Å²) >= 11 is 0. The Morgan fingerprint density at radius 3 is 1.49 bits per heavy atom. The van der Waals surface area contributed by atoms with E-state index in [9.17, 15) is 5.11 Å². The summed E-state index contributed by atoms with van der Waals surface area (Å²) in [7, 11) is 0. The molecule has 1 heterocycles. The predicted octanol–water partition coefficient (Wildman–Crippen LogP) is 5.95. The first-order valence-corrected chi connectivity index (χ1v) is 11.9. The molecule has 1 unspecified atom stereocenters. The van der Waals surface area contributed by atoms with Crippen LogP contribution in [0.3, 0.4) is 0 Å². The molecule has 4 nitrogen and oxygen atoms in total. The molecule has 1 fully saturated rings. The van der Waals surface area contributed by atoms with Crippen LogP contribution >= 0.6 is 0 Å². The Morgan fingerprint density at radius 1 is 0.600 bits per heavy atom. The molecule has 1 aliphatic heterocycles. The summed E-state index contributed by atoms with van der Waals surface area (Å²) in [6, 6.07) is 39.3. The second kappa shape index (κ2) is 10.1. The fourth-order valence-electron chi connectivity index (χ4n) is 4.79. The van der Waals surface area contributed by atoms with Crippen molar-refractivity contribution < 1.29 is 19.3 Å². The minimum atomic E-state index is -1.71. The zero-order valence-corrected chi connectivity index (χ0v) is 19.8. The van der Waals surface area contributed by atoms with Crippen LogP contribution in [-0.2, 0) is 38.8 Å². The SMILES string of the molecule is C[C@@]1(c2ccccc2)OC(O)(c2ccccc2)[C@H](OCc2ccccc2)[C@H]1OCc1ccccc1. The third-order valence-corrected chi connectivity index (χ3v) is 6.65. The van der Waals surface area contributed by atoms with Crippen molar-refractivity contribution in [2.75, 3.05) is 0 Å². The van der Waals surface area contributed by atoms with E-state index in [1.807, 2.05) is 128 Å². The standard InChI is InChI=1S/C31H30O4/c1-30(26-18-10-4-11-19-26)28(33-22-24-14-6-2-7-15-24)29(34-23-25-16-8-3-9-17-25)31(32,35-30)27-20-12-5-13-21-27/h2-21,28-29,32H,22-23H2,1H3/t28-,29-,30+,31?/m1/s1. The third kappa shape index (κ3) is 4.79. The molecule has 4 heteroatoms. The third-order valence-electron chi connectivity index (χ3n) is 6.65. The lowest BCUT2D eigenvalue weighted by Crippen LogP contribution is -2.45. The molecule has 4 aromatic carbocycles. The van der Waals surface area contributed by atoms with Crippen LogP contribution in [0.25, 0.3) is 0 Å². The molecule has 0 aliphatic carbocycles. The van der Waals surface area contributed by atoms with E-state index < -0.39 is 23.6 Å². The fraction of sp³-hybridized carbons (Fsp3) is 0.226. The molecule has 1 N–H and O–H groups in total. The maximum absolute atomic E-state index is 12.1. The molecule has 1 aliphatic rings. The Kier molecular flexibility index (Phi) is 6.80. The fourth-order valence-corrected chi connectivity index (χ4v) is 4.79. The Labute approximate surface area is 206 Å². The van der Waals surface area contributed by atoms with Crippen LogP contribution in [0, 0.1) is 0 Å². The molecule has 0 amide bonds. The van der Waals surface area contributed by atoms with Crippen molar-refractivity contribution in [3.8, 4) is 0 Å². The average Bonchev–Trinajstić information content (AvgIpc) is 3.15. The lowest BCUT2D eigenvalue weighted by molar-refractivity contribution is -0.266. The second-order valence-corrected chi connectivity index (χ2v) is 9.07. The Hall–Kier alpha value is -3.28. The van der Waals surface area contributed by atoms with Gasteiger partial charge < -0.3 is 19.3 Å². The van der Waals surface area contributed by atoms with Gasteiger partial charge in [-0.15, -0.1) is 0 Å². The van der Waals surface area contributed by atoms with Gasteiger partial charge in [0.1, 0.15) is 17.8 Å². The Balaban J connectivity index is 1.56. The molecule has 0 radical (unpaired) electrons. The quantitative estimate of drug-likeness (QED) is 0.349. The van der Waals surface area contributed by atoms with Gasteiger partial charge in [-0.05, 0) is 23.6 Å². The average molecular weight is 467 g/mol. The summed E-state index contributed by atoms with van der Waals surface area (Å²) < 4.78 is 19.7. The summed E-state index contributed by atoms with van der Waals surface area (Å²) in [5.41, 5.74) is 2.64. The first-order chi connectivity index (χ1) is 17.1. The van der Waals surface area contributed by atoms with Crippen molar-refractivity contribution in [2.45, 2.75) is 43.7 Å². The van der Waals surface area contributed by atoms with Gasteiger partial charge in [-0.25, -0.2) is 0 Å². The van der Waals surface area contributed by atoms with E-state index in [4.69, 9.17) is 14.2 Å². The molecule has 0 aromatic heterocycles. The van der Waals surface area contributed by atoms with Crippen molar-refractivity contribution in [1.82, 2.24) is 0 Å². The van der Waals surface area contributed by atoms with E-state index in [1.54, 1.807) is 0 Å². The van der Waals surface area contributed by atoms with Crippen molar-refractivity contribution in [3.63, 3.8) is 0 Å². The largest absolute Gasteiger partial charge is 0.367 e. The van der Waals surface area contributed by atoms with E-state index in [-0.39, 0.29) is 0 Å². The molecule has 35 heavy (non-hydrogen) atoms. The number of rotatable bonds is 8. The van der Waals surface area contributed by atoms with E-state index in [0.717, 1.165) is 16.7 Å². The van der Waals surface area contributed by atoms with Crippen molar-refractivity contribution in [2.24, 2.45) is 0 Å². The number of ether oxygens (including phenoxy) is 3. The maximum atomic E-state index is 12.1. The van der Waals surface area contributed by atoms with Gasteiger partial charge in [-0.3, -0.25) is 0 Å². The van der Waals surface area contributed by atoms with Crippen molar-refractivity contribution in [1.29, 1.82) is 0 Å². The Bertz CT molecular complexity index is 1100. The highest BCUT2D eigenvalue weighted by Gasteiger charge is 2.63. The van der Waals surface area contributed by atoms with Crippen LogP contribution in [0.4, 0.5) is 0 Å². The molecule has 1 saturated heterocycles. The summed E-state index contributed by atoms with van der Waals surface area (Å²) in [5.74, 6) is -1.71. The van der Waals surface area contributed by atoms with E-state index in [2.05, 4.69) is 0 Å². The van der Waals surface area contributed by atoms with Crippen LogP contribution in [0.15, 0.2) is 121 Å². The molecule has 0 bridgehead atoms. The van der Waals surface area contributed by atoms with Gasteiger partial charge >= 0.3 is 0 Å². The van der Waals surface area contributed by atoms with Gasteiger partial charge in [0.25, 0.3) is 0 Å². The van der Waals surface area contributed by atoms with Gasteiger partial charge in [-0.2, -0.15) is 0 Å². The molecular weight excluding hydrogens is 436 g/mol. The second-order valence-electron chi connectivity index (χ2n) is 9.07. The lowest BCUT2D eigenvalue weighted by Gasteiger charge is -2.32. The maximum Gasteiger partial charge on any atom is 0.223 e. The van der Waals surface area contributed by atoms with Crippen LogP contribution in [-0.4, -0.2) is 17.3 Å². The first kappa shape index (κ1) is 23.5. The highest BCUT2D eigenvalue weighted by Crippen LogP contribution is 2.51. The minimum Gasteiger partial charge on any atom is -0.367 e. The summed E-state index contributed by atoms with van der Waals surface area (Å²) in [5, 5.41) is 12.1. The summed E-state index contributed by atoms with van der Waals surface area (Å²) in [6.45, 7) is 2.66. The number of aliphatic hydroxyl groups is 1. The van der Waals surface area contributed by atoms with Crippen LogP contribution in [0.5, 0.6) is 0 Å². The van der Waals surface area contributed by atoms with E-state index in [0.29, 0.717) is 18.8 Å². The molecule has 5 rings (SSSR count). The van der Waals surface area contributed by atoms with Crippen molar-refractivity contribution in [3.05, 3.63) is 144 Å². The lowest BCUT2D eigenvalue weighted by atomic mass is 9.87. The highest BCUT2D eigenvalue weighted by molar-refractivity contribution is 5.32. The predicted molar refractivity (Wildman–Crippen MR) is 135 cm³/mol. The topological polar surface area (TPSA) is 47.9 Å². The summed E-state index contributed by atoms with van der Waals surface area (Å²) in [4.78, 5) is 0. The number of hydrogen-bond acceptors (Lipinski definition) is 4. The normalized spacial score (nSPS) is 26.0. The van der Waals surface area contributed by atoms with Crippen LogP contribution < -0.4 is 0 Å². The number of benzene rings is 4. The van der Waals surface area contributed by atoms with Crippen molar-refractivity contribution >= 4 is 0 Å². The highest BCUT2D eigenvalue weighted by atomic mass is 16.7. The monoisotopic (exact) mass is 466 g/mol. The minimum absolute atomic E-state index is 0.320. The zero-order valence-electron chi connectivity index (χ0n) is 19.8.